The monoisotopic (exact) mass is 398 g/mol. The quantitative estimate of drug-likeness (QED) is 0.823. The van der Waals surface area contributed by atoms with Gasteiger partial charge in [0.25, 0.3) is 0 Å². The van der Waals surface area contributed by atoms with Crippen LogP contribution in [0.5, 0.6) is 0 Å². The molecule has 6 nitrogen and oxygen atoms in total. The van der Waals surface area contributed by atoms with E-state index in [9.17, 15) is 9.59 Å². The van der Waals surface area contributed by atoms with Crippen LogP contribution in [0.4, 0.5) is 0 Å². The largest absolute Gasteiger partial charge is 0.353 e. The van der Waals surface area contributed by atoms with Gasteiger partial charge >= 0.3 is 0 Å². The maximum atomic E-state index is 13.4. The SMILES string of the molecule is CC(C)NC(=O)CN1CCN(C(=O)C2CC(c3ccccc3)N3CCC[C@@H]23)CC1. The Morgan fingerprint density at radius 2 is 1.79 bits per heavy atom. The van der Waals surface area contributed by atoms with Crippen LogP contribution < -0.4 is 5.32 Å². The third-order valence-electron chi connectivity index (χ3n) is 6.69. The predicted octanol–water partition coefficient (Wildman–Crippen LogP) is 1.88. The molecule has 4 rings (SSSR count). The van der Waals surface area contributed by atoms with Crippen molar-refractivity contribution >= 4 is 11.8 Å². The molecule has 29 heavy (non-hydrogen) atoms. The summed E-state index contributed by atoms with van der Waals surface area (Å²) in [7, 11) is 0. The number of nitrogens with zero attached hydrogens (tertiary/aromatic N) is 3. The maximum absolute atomic E-state index is 13.4. The summed E-state index contributed by atoms with van der Waals surface area (Å²) in [4.78, 5) is 32.2. The van der Waals surface area contributed by atoms with E-state index in [-0.39, 0.29) is 17.9 Å². The minimum Gasteiger partial charge on any atom is -0.353 e. The lowest BCUT2D eigenvalue weighted by Crippen LogP contribution is -2.53. The summed E-state index contributed by atoms with van der Waals surface area (Å²) in [6.07, 6.45) is 3.26. The molecule has 3 atom stereocenters. The zero-order chi connectivity index (χ0) is 20.4. The number of benzene rings is 1. The summed E-state index contributed by atoms with van der Waals surface area (Å²) in [5, 5.41) is 2.95. The van der Waals surface area contributed by atoms with Crippen molar-refractivity contribution in [3.8, 4) is 0 Å². The summed E-state index contributed by atoms with van der Waals surface area (Å²) in [6, 6.07) is 11.6. The fourth-order valence-corrected chi connectivity index (χ4v) is 5.37. The summed E-state index contributed by atoms with van der Waals surface area (Å²) in [5.74, 6) is 0.507. The van der Waals surface area contributed by atoms with Gasteiger partial charge in [0.05, 0.1) is 12.5 Å². The highest BCUT2D eigenvalue weighted by Gasteiger charge is 2.48. The van der Waals surface area contributed by atoms with E-state index < -0.39 is 0 Å². The Bertz CT molecular complexity index is 715. The Morgan fingerprint density at radius 1 is 1.07 bits per heavy atom. The third-order valence-corrected chi connectivity index (χ3v) is 6.69. The van der Waals surface area contributed by atoms with Crippen molar-refractivity contribution in [2.24, 2.45) is 5.92 Å². The Labute approximate surface area is 174 Å². The molecule has 1 aromatic rings. The lowest BCUT2D eigenvalue weighted by molar-refractivity contribution is -0.138. The van der Waals surface area contributed by atoms with Crippen LogP contribution in [-0.2, 0) is 9.59 Å². The second-order valence-corrected chi connectivity index (χ2v) is 9.04. The van der Waals surface area contributed by atoms with Crippen molar-refractivity contribution in [2.75, 3.05) is 39.3 Å². The van der Waals surface area contributed by atoms with Crippen LogP contribution in [0, 0.1) is 5.92 Å². The number of hydrogen-bond donors (Lipinski definition) is 1. The molecule has 1 N–H and O–H groups in total. The van der Waals surface area contributed by atoms with Crippen LogP contribution in [0.15, 0.2) is 30.3 Å². The molecule has 3 saturated heterocycles. The summed E-state index contributed by atoms with van der Waals surface area (Å²) in [5.41, 5.74) is 1.34. The highest BCUT2D eigenvalue weighted by atomic mass is 16.2. The zero-order valence-electron chi connectivity index (χ0n) is 17.7. The number of carbonyl (C=O) groups is 2. The van der Waals surface area contributed by atoms with Gasteiger partial charge in [-0.15, -0.1) is 0 Å². The number of rotatable bonds is 5. The molecule has 2 unspecified atom stereocenters. The standard InChI is InChI=1S/C23H34N4O2/c1-17(2)24-22(28)16-25-11-13-26(14-12-25)23(29)19-15-21(18-7-4-3-5-8-18)27-10-6-9-20(19)27/h3-5,7-8,17,19-21H,6,9-16H2,1-2H3,(H,24,28)/t19?,20-,21?/m0/s1. The number of amides is 2. The van der Waals surface area contributed by atoms with E-state index in [1.54, 1.807) is 0 Å². The highest BCUT2D eigenvalue weighted by Crippen LogP contribution is 2.45. The minimum absolute atomic E-state index is 0.0721. The zero-order valence-corrected chi connectivity index (χ0v) is 17.7. The Balaban J connectivity index is 1.35. The summed E-state index contributed by atoms with van der Waals surface area (Å²) >= 11 is 0. The van der Waals surface area contributed by atoms with Gasteiger partial charge in [-0.1, -0.05) is 30.3 Å². The molecule has 1 aromatic carbocycles. The van der Waals surface area contributed by atoms with Gasteiger partial charge in [0.15, 0.2) is 0 Å². The third kappa shape index (κ3) is 4.48. The molecule has 0 radical (unpaired) electrons. The van der Waals surface area contributed by atoms with E-state index >= 15 is 0 Å². The molecular weight excluding hydrogens is 364 g/mol. The first-order chi connectivity index (χ1) is 14.0. The van der Waals surface area contributed by atoms with Gasteiger partial charge in [-0.3, -0.25) is 19.4 Å². The molecule has 0 spiro atoms. The Morgan fingerprint density at radius 3 is 2.48 bits per heavy atom. The van der Waals surface area contributed by atoms with Crippen molar-refractivity contribution in [3.05, 3.63) is 35.9 Å². The number of carbonyl (C=O) groups excluding carboxylic acids is 2. The molecular formula is C23H34N4O2. The number of fused-ring (bicyclic) bond motifs is 1. The first-order valence-electron chi connectivity index (χ1n) is 11.1. The molecule has 0 saturated carbocycles. The highest BCUT2D eigenvalue weighted by molar-refractivity contribution is 5.80. The smallest absolute Gasteiger partial charge is 0.234 e. The molecule has 6 heteroatoms. The second kappa shape index (κ2) is 8.84. The first kappa shape index (κ1) is 20.4. The van der Waals surface area contributed by atoms with Crippen molar-refractivity contribution < 1.29 is 9.59 Å². The minimum atomic E-state index is 0.0721. The number of nitrogens with one attached hydrogen (secondary N) is 1. The summed E-state index contributed by atoms with van der Waals surface area (Å²) < 4.78 is 0. The van der Waals surface area contributed by atoms with Gasteiger partial charge in [-0.05, 0) is 45.2 Å². The van der Waals surface area contributed by atoms with E-state index in [4.69, 9.17) is 0 Å². The molecule has 0 aromatic heterocycles. The van der Waals surface area contributed by atoms with Crippen LogP contribution in [0.2, 0.25) is 0 Å². The van der Waals surface area contributed by atoms with E-state index in [2.05, 4.69) is 45.4 Å². The first-order valence-corrected chi connectivity index (χ1v) is 11.1. The molecule has 3 aliphatic heterocycles. The topological polar surface area (TPSA) is 55.9 Å². The van der Waals surface area contributed by atoms with E-state index in [1.165, 1.54) is 12.0 Å². The predicted molar refractivity (Wildman–Crippen MR) is 113 cm³/mol. The average Bonchev–Trinajstić information content (AvgIpc) is 3.31. The molecule has 2 amide bonds. The normalized spacial score (nSPS) is 28.0. The maximum Gasteiger partial charge on any atom is 0.234 e. The van der Waals surface area contributed by atoms with Gasteiger partial charge in [0, 0.05) is 44.3 Å². The molecule has 158 valence electrons. The Hall–Kier alpha value is -1.92. The van der Waals surface area contributed by atoms with Crippen molar-refractivity contribution in [2.45, 2.75) is 51.2 Å². The second-order valence-electron chi connectivity index (χ2n) is 9.04. The molecule has 3 heterocycles. The lowest BCUT2D eigenvalue weighted by Gasteiger charge is -2.36. The van der Waals surface area contributed by atoms with Gasteiger partial charge in [0.2, 0.25) is 11.8 Å². The van der Waals surface area contributed by atoms with Crippen LogP contribution in [-0.4, -0.2) is 77.9 Å². The fourth-order valence-electron chi connectivity index (χ4n) is 5.37. The van der Waals surface area contributed by atoms with Crippen molar-refractivity contribution in [1.82, 2.24) is 20.0 Å². The van der Waals surface area contributed by atoms with Crippen molar-refractivity contribution in [1.29, 1.82) is 0 Å². The van der Waals surface area contributed by atoms with Crippen LogP contribution in [0.3, 0.4) is 0 Å². The number of hydrogen-bond acceptors (Lipinski definition) is 4. The molecule has 3 aliphatic rings. The van der Waals surface area contributed by atoms with E-state index in [0.717, 1.165) is 45.6 Å². The van der Waals surface area contributed by atoms with Gasteiger partial charge < -0.3 is 10.2 Å². The fraction of sp³-hybridized carbons (Fsp3) is 0.652. The molecule has 0 aliphatic carbocycles. The van der Waals surface area contributed by atoms with Gasteiger partial charge in [-0.2, -0.15) is 0 Å². The summed E-state index contributed by atoms with van der Waals surface area (Å²) in [6.45, 7) is 8.50. The Kier molecular flexibility index (Phi) is 6.20. The molecule has 0 bridgehead atoms. The van der Waals surface area contributed by atoms with Gasteiger partial charge in [0.1, 0.15) is 0 Å². The van der Waals surface area contributed by atoms with Crippen LogP contribution >= 0.6 is 0 Å². The van der Waals surface area contributed by atoms with E-state index in [1.807, 2.05) is 18.7 Å². The number of piperazine rings is 1. The van der Waals surface area contributed by atoms with Crippen molar-refractivity contribution in [3.63, 3.8) is 0 Å². The lowest BCUT2D eigenvalue weighted by atomic mass is 9.93. The average molecular weight is 399 g/mol. The van der Waals surface area contributed by atoms with Gasteiger partial charge in [-0.25, -0.2) is 0 Å². The molecule has 3 fully saturated rings. The van der Waals surface area contributed by atoms with Crippen LogP contribution in [0.25, 0.3) is 0 Å². The van der Waals surface area contributed by atoms with Crippen LogP contribution in [0.1, 0.15) is 44.7 Å². The van der Waals surface area contributed by atoms with E-state index in [0.29, 0.717) is 24.5 Å².